The molecule has 0 aliphatic heterocycles. The van der Waals surface area contributed by atoms with Crippen LogP contribution in [0, 0.1) is 13.8 Å². The maximum Gasteiger partial charge on any atom is 0.176 e. The quantitative estimate of drug-likeness (QED) is 0.869. The highest BCUT2D eigenvalue weighted by Gasteiger charge is 2.16. The number of nitrogens with zero attached hydrogens (tertiary/aromatic N) is 4. The van der Waals surface area contributed by atoms with Crippen LogP contribution in [0.25, 0.3) is 0 Å². The van der Waals surface area contributed by atoms with Gasteiger partial charge in [-0.15, -0.1) is 10.2 Å². The molecule has 21 heavy (non-hydrogen) atoms. The Bertz CT molecular complexity index is 585. The van der Waals surface area contributed by atoms with E-state index in [9.17, 15) is 0 Å². The van der Waals surface area contributed by atoms with Crippen LogP contribution in [0.5, 0.6) is 0 Å². The number of aryl methyl sites for hydroxylation is 3. The molecule has 1 aromatic carbocycles. The molecule has 1 atom stereocenters. The summed E-state index contributed by atoms with van der Waals surface area (Å²) in [6.07, 6.45) is 1.84. The monoisotopic (exact) mass is 351 g/mol. The van der Waals surface area contributed by atoms with Crippen LogP contribution in [0.2, 0.25) is 0 Å². The third kappa shape index (κ3) is 4.11. The van der Waals surface area contributed by atoms with E-state index in [-0.39, 0.29) is 6.04 Å². The Morgan fingerprint density at radius 2 is 1.95 bits per heavy atom. The highest BCUT2D eigenvalue weighted by atomic mass is 79.9. The fraction of sp³-hybridized carbons (Fsp3) is 0.533. The smallest absolute Gasteiger partial charge is 0.176 e. The SMILES string of the molecule is CCCNC(Cc1nnn(C)n1)c1cc(C)c(Br)c(C)c1. The molecule has 0 saturated heterocycles. The maximum atomic E-state index is 4.29. The first-order chi connectivity index (χ1) is 10.0. The van der Waals surface area contributed by atoms with Crippen LogP contribution in [0.3, 0.4) is 0 Å². The molecule has 1 N–H and O–H groups in total. The fourth-order valence-electron chi connectivity index (χ4n) is 2.39. The van der Waals surface area contributed by atoms with E-state index >= 15 is 0 Å². The lowest BCUT2D eigenvalue weighted by molar-refractivity contribution is 0.516. The van der Waals surface area contributed by atoms with Crippen molar-refractivity contribution >= 4 is 15.9 Å². The third-order valence-electron chi connectivity index (χ3n) is 3.44. The Labute approximate surface area is 134 Å². The van der Waals surface area contributed by atoms with Crippen LogP contribution in [0.1, 0.15) is 41.9 Å². The van der Waals surface area contributed by atoms with Gasteiger partial charge in [-0.2, -0.15) is 4.80 Å². The average molecular weight is 352 g/mol. The van der Waals surface area contributed by atoms with Gasteiger partial charge in [0.15, 0.2) is 5.82 Å². The Morgan fingerprint density at radius 3 is 2.48 bits per heavy atom. The van der Waals surface area contributed by atoms with Crippen molar-refractivity contribution in [2.75, 3.05) is 6.54 Å². The molecule has 1 unspecified atom stereocenters. The molecule has 0 bridgehead atoms. The second kappa shape index (κ2) is 7.13. The van der Waals surface area contributed by atoms with E-state index in [0.717, 1.165) is 25.2 Å². The van der Waals surface area contributed by atoms with Crippen LogP contribution in [-0.2, 0) is 13.5 Å². The zero-order valence-corrected chi connectivity index (χ0v) is 14.6. The highest BCUT2D eigenvalue weighted by molar-refractivity contribution is 9.10. The van der Waals surface area contributed by atoms with E-state index in [1.165, 1.54) is 26.0 Å². The molecule has 1 heterocycles. The van der Waals surface area contributed by atoms with Crippen molar-refractivity contribution in [2.45, 2.75) is 39.7 Å². The fourth-order valence-corrected chi connectivity index (χ4v) is 2.62. The lowest BCUT2D eigenvalue weighted by atomic mass is 9.98. The standard InChI is InChI=1S/C15H22BrN5/c1-5-6-17-13(9-14-18-20-21(4)19-14)12-7-10(2)15(16)11(3)8-12/h7-8,13,17H,5-6,9H2,1-4H3. The molecule has 6 heteroatoms. The third-order valence-corrected chi connectivity index (χ3v) is 4.69. The second-order valence-electron chi connectivity index (χ2n) is 5.37. The number of halogens is 1. The van der Waals surface area contributed by atoms with Crippen LogP contribution in [-0.4, -0.2) is 26.8 Å². The number of hydrogen-bond acceptors (Lipinski definition) is 4. The zero-order valence-electron chi connectivity index (χ0n) is 13.0. The minimum atomic E-state index is 0.208. The van der Waals surface area contributed by atoms with Crippen molar-refractivity contribution in [1.82, 2.24) is 25.5 Å². The van der Waals surface area contributed by atoms with Gasteiger partial charge in [0.25, 0.3) is 0 Å². The van der Waals surface area contributed by atoms with Crippen LogP contribution < -0.4 is 5.32 Å². The van der Waals surface area contributed by atoms with Crippen molar-refractivity contribution in [1.29, 1.82) is 0 Å². The largest absolute Gasteiger partial charge is 0.310 e. The molecule has 2 rings (SSSR count). The topological polar surface area (TPSA) is 55.6 Å². The molecule has 114 valence electrons. The number of nitrogens with one attached hydrogen (secondary N) is 1. The average Bonchev–Trinajstić information content (AvgIpc) is 2.85. The molecular weight excluding hydrogens is 330 g/mol. The van der Waals surface area contributed by atoms with Crippen LogP contribution in [0.15, 0.2) is 16.6 Å². The van der Waals surface area contributed by atoms with E-state index in [2.05, 4.69) is 69.6 Å². The molecule has 0 saturated carbocycles. The van der Waals surface area contributed by atoms with Gasteiger partial charge in [-0.25, -0.2) is 0 Å². The number of benzene rings is 1. The number of rotatable bonds is 6. The molecule has 0 spiro atoms. The van der Waals surface area contributed by atoms with E-state index in [0.29, 0.717) is 0 Å². The first-order valence-corrected chi connectivity index (χ1v) is 8.03. The molecule has 0 amide bonds. The van der Waals surface area contributed by atoms with E-state index < -0.39 is 0 Å². The summed E-state index contributed by atoms with van der Waals surface area (Å²) in [6.45, 7) is 7.39. The number of hydrogen-bond donors (Lipinski definition) is 1. The van der Waals surface area contributed by atoms with Gasteiger partial charge in [-0.3, -0.25) is 0 Å². The van der Waals surface area contributed by atoms with Gasteiger partial charge in [-0.1, -0.05) is 35.0 Å². The van der Waals surface area contributed by atoms with Gasteiger partial charge in [0.2, 0.25) is 0 Å². The minimum absolute atomic E-state index is 0.208. The molecule has 5 nitrogen and oxygen atoms in total. The zero-order chi connectivity index (χ0) is 15.4. The summed E-state index contributed by atoms with van der Waals surface area (Å²) in [6, 6.07) is 4.65. The van der Waals surface area contributed by atoms with Gasteiger partial charge >= 0.3 is 0 Å². The Hall–Kier alpha value is -1.27. The van der Waals surface area contributed by atoms with Crippen molar-refractivity contribution in [2.24, 2.45) is 7.05 Å². The molecule has 0 radical (unpaired) electrons. The second-order valence-corrected chi connectivity index (χ2v) is 6.17. The van der Waals surface area contributed by atoms with Crippen molar-refractivity contribution in [3.8, 4) is 0 Å². The van der Waals surface area contributed by atoms with Gasteiger partial charge in [-0.05, 0) is 48.7 Å². The number of aromatic nitrogens is 4. The summed E-state index contributed by atoms with van der Waals surface area (Å²) >= 11 is 3.63. The molecule has 0 aliphatic rings. The molecule has 0 aliphatic carbocycles. The van der Waals surface area contributed by atoms with Gasteiger partial charge in [0, 0.05) is 16.9 Å². The summed E-state index contributed by atoms with van der Waals surface area (Å²) in [7, 11) is 1.79. The predicted octanol–water partition coefficient (Wildman–Crippen LogP) is 2.87. The van der Waals surface area contributed by atoms with Crippen molar-refractivity contribution < 1.29 is 0 Å². The molecule has 2 aromatic rings. The number of tetrazole rings is 1. The Balaban J connectivity index is 2.26. The lowest BCUT2D eigenvalue weighted by Crippen LogP contribution is -2.25. The summed E-state index contributed by atoms with van der Waals surface area (Å²) in [5, 5.41) is 15.9. The van der Waals surface area contributed by atoms with Crippen LogP contribution in [0.4, 0.5) is 0 Å². The van der Waals surface area contributed by atoms with Crippen LogP contribution >= 0.6 is 15.9 Å². The summed E-state index contributed by atoms with van der Waals surface area (Å²) < 4.78 is 1.18. The Kier molecular flexibility index (Phi) is 5.47. The molecular formula is C15H22BrN5. The van der Waals surface area contributed by atoms with E-state index in [1.807, 2.05) is 0 Å². The Morgan fingerprint density at radius 1 is 1.29 bits per heavy atom. The summed E-state index contributed by atoms with van der Waals surface area (Å²) in [4.78, 5) is 1.50. The first kappa shape index (κ1) is 16.1. The first-order valence-electron chi connectivity index (χ1n) is 7.24. The van der Waals surface area contributed by atoms with E-state index in [1.54, 1.807) is 7.05 Å². The molecule has 1 aromatic heterocycles. The predicted molar refractivity (Wildman–Crippen MR) is 87.2 cm³/mol. The van der Waals surface area contributed by atoms with Crippen molar-refractivity contribution in [3.63, 3.8) is 0 Å². The highest BCUT2D eigenvalue weighted by Crippen LogP contribution is 2.26. The molecule has 0 fully saturated rings. The maximum absolute atomic E-state index is 4.29. The summed E-state index contributed by atoms with van der Waals surface area (Å²) in [5.41, 5.74) is 3.77. The normalized spacial score (nSPS) is 12.6. The van der Waals surface area contributed by atoms with E-state index in [4.69, 9.17) is 0 Å². The van der Waals surface area contributed by atoms with Gasteiger partial charge in [0.1, 0.15) is 0 Å². The lowest BCUT2D eigenvalue weighted by Gasteiger charge is -2.19. The van der Waals surface area contributed by atoms with Gasteiger partial charge < -0.3 is 5.32 Å². The summed E-state index contributed by atoms with van der Waals surface area (Å²) in [5.74, 6) is 0.768. The van der Waals surface area contributed by atoms with Crippen molar-refractivity contribution in [3.05, 3.63) is 39.1 Å². The minimum Gasteiger partial charge on any atom is -0.310 e. The van der Waals surface area contributed by atoms with Gasteiger partial charge in [0.05, 0.1) is 7.05 Å².